The second-order valence-corrected chi connectivity index (χ2v) is 3.45. The number of aromatic amines is 1. The molecule has 4 nitrogen and oxygen atoms in total. The molecule has 1 N–H and O–H groups in total. The molecule has 0 amide bonds. The summed E-state index contributed by atoms with van der Waals surface area (Å²) in [4.78, 5) is 0. The standard InChI is InChI=1S/C8H6F3N3OS/c9-8(10,11)4-14-6(12-13-7(14)16)5-1-2-15-3-5/h1-3H,4H2,(H,13,16). The van der Waals surface area contributed by atoms with E-state index in [0.29, 0.717) is 5.56 Å². The summed E-state index contributed by atoms with van der Waals surface area (Å²) in [7, 11) is 0. The number of alkyl halides is 3. The highest BCUT2D eigenvalue weighted by Gasteiger charge is 2.30. The Bertz CT molecular complexity index is 525. The topological polar surface area (TPSA) is 46.8 Å². The Morgan fingerprint density at radius 1 is 1.50 bits per heavy atom. The third-order valence-electron chi connectivity index (χ3n) is 1.88. The molecule has 16 heavy (non-hydrogen) atoms. The van der Waals surface area contributed by atoms with Crippen LogP contribution in [0.15, 0.2) is 23.0 Å². The van der Waals surface area contributed by atoms with Crippen LogP contribution < -0.4 is 0 Å². The van der Waals surface area contributed by atoms with E-state index in [1.54, 1.807) is 0 Å². The average molecular weight is 249 g/mol. The van der Waals surface area contributed by atoms with Crippen molar-refractivity contribution in [1.29, 1.82) is 0 Å². The van der Waals surface area contributed by atoms with Crippen molar-refractivity contribution < 1.29 is 17.6 Å². The molecule has 0 spiro atoms. The molecule has 0 saturated carbocycles. The monoisotopic (exact) mass is 249 g/mol. The summed E-state index contributed by atoms with van der Waals surface area (Å²) in [5.74, 6) is 0.107. The third-order valence-corrected chi connectivity index (χ3v) is 2.19. The van der Waals surface area contributed by atoms with Crippen molar-refractivity contribution in [2.24, 2.45) is 0 Å². The molecule has 8 heteroatoms. The minimum Gasteiger partial charge on any atom is -0.472 e. The molecule has 0 atom stereocenters. The van der Waals surface area contributed by atoms with E-state index in [0.717, 1.165) is 4.57 Å². The number of rotatable bonds is 2. The number of aromatic nitrogens is 3. The maximum Gasteiger partial charge on any atom is 0.406 e. The van der Waals surface area contributed by atoms with Crippen molar-refractivity contribution in [3.63, 3.8) is 0 Å². The zero-order valence-electron chi connectivity index (χ0n) is 7.78. The zero-order chi connectivity index (χ0) is 11.8. The average Bonchev–Trinajstić information content (AvgIpc) is 2.75. The van der Waals surface area contributed by atoms with Gasteiger partial charge in [-0.2, -0.15) is 18.3 Å². The van der Waals surface area contributed by atoms with Crippen LogP contribution in [0.2, 0.25) is 0 Å². The maximum atomic E-state index is 12.3. The zero-order valence-corrected chi connectivity index (χ0v) is 8.60. The minimum atomic E-state index is -4.35. The van der Waals surface area contributed by atoms with Gasteiger partial charge in [-0.3, -0.25) is 9.67 Å². The first-order valence-corrected chi connectivity index (χ1v) is 4.63. The minimum absolute atomic E-state index is 0.0754. The highest BCUT2D eigenvalue weighted by Crippen LogP contribution is 2.23. The van der Waals surface area contributed by atoms with Crippen LogP contribution in [0.25, 0.3) is 11.4 Å². The van der Waals surface area contributed by atoms with Gasteiger partial charge in [0.25, 0.3) is 0 Å². The van der Waals surface area contributed by atoms with Crippen LogP contribution in [0.1, 0.15) is 0 Å². The Labute approximate surface area is 92.7 Å². The Balaban J connectivity index is 2.45. The second kappa shape index (κ2) is 3.78. The highest BCUT2D eigenvalue weighted by atomic mass is 32.1. The van der Waals surface area contributed by atoms with Crippen molar-refractivity contribution in [1.82, 2.24) is 14.8 Å². The summed E-state index contributed by atoms with van der Waals surface area (Å²) in [6, 6.07) is 1.51. The lowest BCUT2D eigenvalue weighted by Crippen LogP contribution is -2.18. The molecular formula is C8H6F3N3OS. The molecule has 2 aromatic heterocycles. The first kappa shape index (κ1) is 10.9. The number of halogens is 3. The summed E-state index contributed by atoms with van der Waals surface area (Å²) in [5.41, 5.74) is 0.441. The fourth-order valence-corrected chi connectivity index (χ4v) is 1.45. The fraction of sp³-hybridized carbons (Fsp3) is 0.250. The summed E-state index contributed by atoms with van der Waals surface area (Å²) < 4.78 is 42.4. The van der Waals surface area contributed by atoms with Crippen molar-refractivity contribution in [2.75, 3.05) is 0 Å². The Hall–Kier alpha value is -1.57. The lowest BCUT2D eigenvalue weighted by atomic mass is 10.3. The molecule has 2 heterocycles. The Morgan fingerprint density at radius 3 is 2.81 bits per heavy atom. The lowest BCUT2D eigenvalue weighted by molar-refractivity contribution is -0.140. The molecule has 2 aromatic rings. The van der Waals surface area contributed by atoms with Crippen LogP contribution in [0.5, 0.6) is 0 Å². The molecule has 0 fully saturated rings. The lowest BCUT2D eigenvalue weighted by Gasteiger charge is -2.08. The van der Waals surface area contributed by atoms with E-state index in [4.69, 9.17) is 16.6 Å². The van der Waals surface area contributed by atoms with Gasteiger partial charge in [-0.15, -0.1) is 0 Å². The molecular weight excluding hydrogens is 243 g/mol. The van der Waals surface area contributed by atoms with Crippen LogP contribution in [-0.2, 0) is 6.54 Å². The SMILES string of the molecule is FC(F)(F)Cn1c(-c2ccoc2)n[nH]c1=S. The van der Waals surface area contributed by atoms with Gasteiger partial charge in [0.05, 0.1) is 11.8 Å². The third kappa shape index (κ3) is 2.16. The van der Waals surface area contributed by atoms with Crippen LogP contribution in [0, 0.1) is 4.77 Å². The normalized spacial score (nSPS) is 11.9. The molecule has 0 radical (unpaired) electrons. The van der Waals surface area contributed by atoms with Crippen molar-refractivity contribution in [2.45, 2.75) is 12.7 Å². The largest absolute Gasteiger partial charge is 0.472 e. The first-order valence-electron chi connectivity index (χ1n) is 4.22. The second-order valence-electron chi connectivity index (χ2n) is 3.07. The summed E-state index contributed by atoms with van der Waals surface area (Å²) >= 11 is 4.73. The Kier molecular flexibility index (Phi) is 2.58. The van der Waals surface area contributed by atoms with Gasteiger partial charge in [0.2, 0.25) is 0 Å². The van der Waals surface area contributed by atoms with Gasteiger partial charge in [-0.05, 0) is 18.3 Å². The van der Waals surface area contributed by atoms with E-state index < -0.39 is 12.7 Å². The predicted molar refractivity (Wildman–Crippen MR) is 51.2 cm³/mol. The van der Waals surface area contributed by atoms with Crippen molar-refractivity contribution in [3.8, 4) is 11.4 Å². The van der Waals surface area contributed by atoms with Gasteiger partial charge in [-0.25, -0.2) is 0 Å². The van der Waals surface area contributed by atoms with Gasteiger partial charge in [0.1, 0.15) is 12.8 Å². The predicted octanol–water partition coefficient (Wildman–Crippen LogP) is 2.76. The number of hydrogen-bond acceptors (Lipinski definition) is 3. The van der Waals surface area contributed by atoms with Crippen molar-refractivity contribution >= 4 is 12.2 Å². The molecule has 2 rings (SSSR count). The van der Waals surface area contributed by atoms with Gasteiger partial charge < -0.3 is 4.42 Å². The smallest absolute Gasteiger partial charge is 0.406 e. The molecule has 0 aliphatic heterocycles. The number of H-pyrrole nitrogens is 1. The molecule has 0 saturated heterocycles. The number of hydrogen-bond donors (Lipinski definition) is 1. The summed E-state index contributed by atoms with van der Waals surface area (Å²) in [6.45, 7) is -1.18. The van der Waals surface area contributed by atoms with E-state index in [1.165, 1.54) is 18.6 Å². The molecule has 0 unspecified atom stereocenters. The van der Waals surface area contributed by atoms with Gasteiger partial charge in [0, 0.05) is 0 Å². The molecule has 0 aliphatic carbocycles. The van der Waals surface area contributed by atoms with Crippen LogP contribution in [0.4, 0.5) is 13.2 Å². The quantitative estimate of drug-likeness (QED) is 0.832. The number of nitrogens with one attached hydrogen (secondary N) is 1. The van der Waals surface area contributed by atoms with Gasteiger partial charge >= 0.3 is 6.18 Å². The Morgan fingerprint density at radius 2 is 2.25 bits per heavy atom. The van der Waals surface area contributed by atoms with Gasteiger partial charge in [0.15, 0.2) is 10.6 Å². The van der Waals surface area contributed by atoms with Crippen LogP contribution in [-0.4, -0.2) is 20.9 Å². The van der Waals surface area contributed by atoms with Crippen molar-refractivity contribution in [3.05, 3.63) is 23.4 Å². The maximum absolute atomic E-state index is 12.3. The highest BCUT2D eigenvalue weighted by molar-refractivity contribution is 7.71. The molecule has 0 aromatic carbocycles. The van der Waals surface area contributed by atoms with E-state index in [9.17, 15) is 13.2 Å². The van der Waals surface area contributed by atoms with Crippen LogP contribution in [0.3, 0.4) is 0 Å². The van der Waals surface area contributed by atoms with E-state index in [2.05, 4.69) is 10.2 Å². The van der Waals surface area contributed by atoms with E-state index in [-0.39, 0.29) is 10.6 Å². The molecule has 0 aliphatic rings. The van der Waals surface area contributed by atoms with Gasteiger partial charge in [-0.1, -0.05) is 0 Å². The van der Waals surface area contributed by atoms with E-state index >= 15 is 0 Å². The molecule has 86 valence electrons. The number of nitrogens with zero attached hydrogens (tertiary/aromatic N) is 2. The van der Waals surface area contributed by atoms with E-state index in [1.807, 2.05) is 0 Å². The fourth-order valence-electron chi connectivity index (χ4n) is 1.26. The summed E-state index contributed by atoms with van der Waals surface area (Å²) in [6.07, 6.45) is -1.69. The first-order chi connectivity index (χ1) is 7.47. The number of furan rings is 1. The van der Waals surface area contributed by atoms with Crippen LogP contribution >= 0.6 is 12.2 Å². The summed E-state index contributed by atoms with van der Waals surface area (Å²) in [5, 5.41) is 6.05. The molecule has 0 bridgehead atoms.